The Labute approximate surface area is 149 Å². The fraction of sp³-hybridized carbons (Fsp3) is 0.318. The van der Waals surface area contributed by atoms with E-state index >= 15 is 0 Å². The molecule has 0 saturated heterocycles. The molecular formula is C22H25FN2. The van der Waals surface area contributed by atoms with Crippen LogP contribution in [0, 0.1) is 5.82 Å². The lowest BCUT2D eigenvalue weighted by Gasteiger charge is -2.21. The van der Waals surface area contributed by atoms with Gasteiger partial charge in [-0.15, -0.1) is 0 Å². The molecule has 3 rings (SSSR count). The molecule has 0 fully saturated rings. The predicted molar refractivity (Wildman–Crippen MR) is 102 cm³/mol. The second-order valence-corrected chi connectivity index (χ2v) is 7.19. The summed E-state index contributed by atoms with van der Waals surface area (Å²) >= 11 is 0. The quantitative estimate of drug-likeness (QED) is 0.559. The van der Waals surface area contributed by atoms with Crippen LogP contribution in [-0.2, 0) is 7.05 Å². The molecule has 0 aliphatic carbocycles. The third kappa shape index (κ3) is 3.37. The molecule has 25 heavy (non-hydrogen) atoms. The average molecular weight is 336 g/mol. The van der Waals surface area contributed by atoms with Crippen molar-refractivity contribution >= 4 is 0 Å². The Hall–Kier alpha value is -2.42. The van der Waals surface area contributed by atoms with Crippen molar-refractivity contribution in [2.75, 3.05) is 0 Å². The van der Waals surface area contributed by atoms with Crippen molar-refractivity contribution in [3.63, 3.8) is 0 Å². The first-order chi connectivity index (χ1) is 11.9. The number of rotatable bonds is 4. The largest absolute Gasteiger partial charge is 0.275 e. The Bertz CT molecular complexity index is 865. The van der Waals surface area contributed by atoms with E-state index in [2.05, 4.69) is 51.0 Å². The molecule has 0 atom stereocenters. The normalized spacial score (nSPS) is 11.5. The zero-order chi connectivity index (χ0) is 18.1. The van der Waals surface area contributed by atoms with Crippen LogP contribution in [-0.4, -0.2) is 9.78 Å². The lowest BCUT2D eigenvalue weighted by atomic mass is 9.83. The molecule has 0 bridgehead atoms. The van der Waals surface area contributed by atoms with Crippen LogP contribution in [0.3, 0.4) is 0 Å². The first-order valence-electron chi connectivity index (χ1n) is 8.81. The van der Waals surface area contributed by atoms with E-state index in [9.17, 15) is 4.39 Å². The molecule has 0 amide bonds. The lowest BCUT2D eigenvalue weighted by Crippen LogP contribution is -2.01. The highest BCUT2D eigenvalue weighted by Crippen LogP contribution is 2.40. The second-order valence-electron chi connectivity index (χ2n) is 7.19. The van der Waals surface area contributed by atoms with Crippen molar-refractivity contribution in [3.05, 3.63) is 65.6 Å². The van der Waals surface area contributed by atoms with E-state index in [0.29, 0.717) is 11.8 Å². The maximum atomic E-state index is 14.2. The molecule has 1 aromatic heterocycles. The molecule has 0 unspecified atom stereocenters. The second kappa shape index (κ2) is 6.83. The van der Waals surface area contributed by atoms with Crippen LogP contribution in [0.25, 0.3) is 22.4 Å². The number of hydrogen-bond donors (Lipinski definition) is 0. The maximum Gasteiger partial charge on any atom is 0.123 e. The predicted octanol–water partition coefficient (Wildman–Crippen LogP) is 6.14. The Morgan fingerprint density at radius 3 is 2.04 bits per heavy atom. The van der Waals surface area contributed by atoms with Crippen LogP contribution >= 0.6 is 0 Å². The molecule has 0 aliphatic rings. The number of nitrogens with zero attached hydrogens (tertiary/aromatic N) is 2. The Morgan fingerprint density at radius 2 is 1.52 bits per heavy atom. The summed E-state index contributed by atoms with van der Waals surface area (Å²) in [6.07, 6.45) is 1.92. The van der Waals surface area contributed by atoms with Gasteiger partial charge in [0.25, 0.3) is 0 Å². The first kappa shape index (κ1) is 17.4. The topological polar surface area (TPSA) is 17.8 Å². The summed E-state index contributed by atoms with van der Waals surface area (Å²) in [6.45, 7) is 8.73. The molecule has 0 saturated carbocycles. The summed E-state index contributed by atoms with van der Waals surface area (Å²) < 4.78 is 16.0. The monoisotopic (exact) mass is 336 g/mol. The summed E-state index contributed by atoms with van der Waals surface area (Å²) in [7, 11) is 1.90. The molecule has 0 spiro atoms. The van der Waals surface area contributed by atoms with Gasteiger partial charge in [0.05, 0.1) is 5.69 Å². The molecule has 2 nitrogen and oxygen atoms in total. The Balaban J connectivity index is 2.35. The van der Waals surface area contributed by atoms with Gasteiger partial charge in [0, 0.05) is 18.8 Å². The summed E-state index contributed by atoms with van der Waals surface area (Å²) in [5.41, 5.74) is 6.39. The van der Waals surface area contributed by atoms with Gasteiger partial charge in [-0.1, -0.05) is 45.9 Å². The minimum Gasteiger partial charge on any atom is -0.275 e. The fourth-order valence-corrected chi connectivity index (χ4v) is 3.37. The average Bonchev–Trinajstić information content (AvgIpc) is 3.00. The highest BCUT2D eigenvalue weighted by Gasteiger charge is 2.20. The van der Waals surface area contributed by atoms with Gasteiger partial charge in [0.2, 0.25) is 0 Å². The number of hydrogen-bond acceptors (Lipinski definition) is 1. The van der Waals surface area contributed by atoms with Gasteiger partial charge in [-0.25, -0.2) is 4.39 Å². The van der Waals surface area contributed by atoms with Gasteiger partial charge in [0.15, 0.2) is 0 Å². The number of aryl methyl sites for hydroxylation is 1. The third-order valence-corrected chi connectivity index (χ3v) is 4.61. The Morgan fingerprint density at radius 1 is 0.880 bits per heavy atom. The number of benzene rings is 2. The zero-order valence-electron chi connectivity index (χ0n) is 15.5. The van der Waals surface area contributed by atoms with E-state index < -0.39 is 0 Å². The summed E-state index contributed by atoms with van der Waals surface area (Å²) in [5.74, 6) is 0.491. The van der Waals surface area contributed by atoms with Crippen molar-refractivity contribution in [2.24, 2.45) is 7.05 Å². The van der Waals surface area contributed by atoms with Gasteiger partial charge >= 0.3 is 0 Å². The first-order valence-corrected chi connectivity index (χ1v) is 8.81. The number of aromatic nitrogens is 2. The van der Waals surface area contributed by atoms with Crippen molar-refractivity contribution in [3.8, 4) is 22.4 Å². The van der Waals surface area contributed by atoms with Gasteiger partial charge in [-0.05, 0) is 58.4 Å². The van der Waals surface area contributed by atoms with Crippen molar-refractivity contribution in [1.82, 2.24) is 9.78 Å². The van der Waals surface area contributed by atoms with Crippen LogP contribution in [0.5, 0.6) is 0 Å². The fourth-order valence-electron chi connectivity index (χ4n) is 3.37. The zero-order valence-corrected chi connectivity index (χ0v) is 15.5. The van der Waals surface area contributed by atoms with E-state index in [4.69, 9.17) is 0 Å². The third-order valence-electron chi connectivity index (χ3n) is 4.61. The smallest absolute Gasteiger partial charge is 0.123 e. The summed E-state index contributed by atoms with van der Waals surface area (Å²) in [6, 6.07) is 13.4. The van der Waals surface area contributed by atoms with E-state index in [1.54, 1.807) is 10.7 Å². The molecule has 130 valence electrons. The van der Waals surface area contributed by atoms with Crippen LogP contribution < -0.4 is 0 Å². The number of halogens is 1. The molecule has 3 heteroatoms. The molecule has 3 aromatic rings. The van der Waals surface area contributed by atoms with E-state index in [0.717, 1.165) is 22.4 Å². The summed E-state index contributed by atoms with van der Waals surface area (Å²) in [5, 5.41) is 4.54. The van der Waals surface area contributed by atoms with Crippen molar-refractivity contribution < 1.29 is 4.39 Å². The van der Waals surface area contributed by atoms with Crippen LogP contribution in [0.1, 0.15) is 50.7 Å². The van der Waals surface area contributed by atoms with Crippen molar-refractivity contribution in [1.29, 1.82) is 0 Å². The molecule has 0 radical (unpaired) electrons. The van der Waals surface area contributed by atoms with Crippen LogP contribution in [0.2, 0.25) is 0 Å². The van der Waals surface area contributed by atoms with Gasteiger partial charge in [-0.2, -0.15) is 5.10 Å². The minimum atomic E-state index is -0.219. The van der Waals surface area contributed by atoms with Crippen LogP contribution in [0.15, 0.2) is 48.7 Å². The molecule has 0 N–H and O–H groups in total. The SMILES string of the molecule is CC(C)c1cccc(C(C)C)c1-c1cc(F)ccc1-c1ccn(C)n1. The molecular weight excluding hydrogens is 311 g/mol. The molecule has 0 aliphatic heterocycles. The summed E-state index contributed by atoms with van der Waals surface area (Å²) in [4.78, 5) is 0. The van der Waals surface area contributed by atoms with Crippen LogP contribution in [0.4, 0.5) is 4.39 Å². The Kier molecular flexibility index (Phi) is 4.76. The molecule has 2 aromatic carbocycles. The van der Waals surface area contributed by atoms with Gasteiger partial charge in [0.1, 0.15) is 5.82 Å². The molecule has 1 heterocycles. The lowest BCUT2D eigenvalue weighted by molar-refractivity contribution is 0.628. The highest BCUT2D eigenvalue weighted by atomic mass is 19.1. The van der Waals surface area contributed by atoms with E-state index in [1.807, 2.05) is 25.4 Å². The van der Waals surface area contributed by atoms with Gasteiger partial charge in [-0.3, -0.25) is 4.68 Å². The van der Waals surface area contributed by atoms with E-state index in [-0.39, 0.29) is 5.82 Å². The van der Waals surface area contributed by atoms with Gasteiger partial charge < -0.3 is 0 Å². The maximum absolute atomic E-state index is 14.2. The highest BCUT2D eigenvalue weighted by molar-refractivity contribution is 5.85. The minimum absolute atomic E-state index is 0.219. The van der Waals surface area contributed by atoms with E-state index in [1.165, 1.54) is 17.2 Å². The van der Waals surface area contributed by atoms with Crippen molar-refractivity contribution in [2.45, 2.75) is 39.5 Å². The standard InChI is InChI=1S/C22H25FN2/c1-14(2)17-7-6-8-18(15(3)4)22(17)20-13-16(23)9-10-19(20)21-11-12-25(5)24-21/h6-15H,1-5H3.